The molecule has 0 unspecified atom stereocenters. The maximum absolute atomic E-state index is 4.00. The monoisotopic (exact) mass is 720 g/mol. The van der Waals surface area contributed by atoms with E-state index in [0.29, 0.717) is 0 Å². The molecule has 0 saturated carbocycles. The summed E-state index contributed by atoms with van der Waals surface area (Å²) in [5.74, 6) is 0. The SMILES string of the molecule is Brc1ccccc1[Si](c1ccccc1)(c1cccc(-c2cc(-c3ccccc3)cc(-c3ccccc3)c2)c1)c1ccccc1Br. The van der Waals surface area contributed by atoms with E-state index >= 15 is 0 Å². The molecule has 0 aliphatic carbocycles. The normalized spacial score (nSPS) is 11.3. The second-order valence-electron chi connectivity index (χ2n) is 11.2. The summed E-state index contributed by atoms with van der Waals surface area (Å²) in [5, 5.41) is 5.31. The van der Waals surface area contributed by atoms with Crippen LogP contribution in [0.25, 0.3) is 33.4 Å². The van der Waals surface area contributed by atoms with E-state index in [-0.39, 0.29) is 0 Å². The Kier molecular flexibility index (Phi) is 8.49. The number of halogens is 2. The Labute approximate surface area is 283 Å². The first-order valence-electron chi connectivity index (χ1n) is 15.1. The van der Waals surface area contributed by atoms with Crippen molar-refractivity contribution in [3.63, 3.8) is 0 Å². The molecule has 0 atom stereocenters. The van der Waals surface area contributed by atoms with Crippen LogP contribution in [0.4, 0.5) is 0 Å². The molecular formula is C42H30Br2Si. The fourth-order valence-corrected chi connectivity index (χ4v) is 13.7. The molecule has 3 heteroatoms. The minimum atomic E-state index is -2.80. The molecule has 0 radical (unpaired) electrons. The zero-order valence-corrected chi connectivity index (χ0v) is 28.7. The molecule has 0 N–H and O–H groups in total. The van der Waals surface area contributed by atoms with E-state index in [1.165, 1.54) is 54.1 Å². The second-order valence-corrected chi connectivity index (χ2v) is 16.6. The first kappa shape index (κ1) is 29.4. The van der Waals surface area contributed by atoms with Gasteiger partial charge in [0, 0.05) is 8.95 Å². The minimum Gasteiger partial charge on any atom is -0.0623 e. The lowest BCUT2D eigenvalue weighted by atomic mass is 9.93. The Morgan fingerprint density at radius 1 is 0.289 bits per heavy atom. The van der Waals surface area contributed by atoms with Crippen molar-refractivity contribution < 1.29 is 0 Å². The van der Waals surface area contributed by atoms with Gasteiger partial charge < -0.3 is 0 Å². The fraction of sp³-hybridized carbons (Fsp3) is 0. The van der Waals surface area contributed by atoms with Crippen molar-refractivity contribution in [1.82, 2.24) is 0 Å². The third kappa shape index (κ3) is 5.68. The van der Waals surface area contributed by atoms with Gasteiger partial charge in [-0.1, -0.05) is 184 Å². The largest absolute Gasteiger partial charge is 0.181 e. The van der Waals surface area contributed by atoms with Crippen molar-refractivity contribution in [3.8, 4) is 33.4 Å². The molecule has 7 rings (SSSR count). The van der Waals surface area contributed by atoms with Crippen LogP contribution in [0.2, 0.25) is 0 Å². The summed E-state index contributed by atoms with van der Waals surface area (Å²) in [4.78, 5) is 0. The predicted molar refractivity (Wildman–Crippen MR) is 202 cm³/mol. The van der Waals surface area contributed by atoms with E-state index < -0.39 is 8.07 Å². The van der Waals surface area contributed by atoms with Crippen LogP contribution in [0.1, 0.15) is 0 Å². The molecule has 0 saturated heterocycles. The van der Waals surface area contributed by atoms with Gasteiger partial charge in [0.1, 0.15) is 0 Å². The van der Waals surface area contributed by atoms with E-state index in [1.807, 2.05) is 0 Å². The Balaban J connectivity index is 1.52. The number of hydrogen-bond donors (Lipinski definition) is 0. The van der Waals surface area contributed by atoms with Gasteiger partial charge in [0.15, 0.2) is 8.07 Å². The Bertz CT molecular complexity index is 1970. The zero-order chi connectivity index (χ0) is 30.6. The summed E-state index contributed by atoms with van der Waals surface area (Å²) in [6.45, 7) is 0. The summed E-state index contributed by atoms with van der Waals surface area (Å²) in [6, 6.07) is 66.2. The van der Waals surface area contributed by atoms with E-state index in [1.54, 1.807) is 0 Å². The molecule has 45 heavy (non-hydrogen) atoms. The van der Waals surface area contributed by atoms with Crippen LogP contribution in [0.5, 0.6) is 0 Å². The molecule has 0 bridgehead atoms. The van der Waals surface area contributed by atoms with Gasteiger partial charge in [-0.25, -0.2) is 0 Å². The quantitative estimate of drug-likeness (QED) is 0.114. The summed E-state index contributed by atoms with van der Waals surface area (Å²) in [5.41, 5.74) is 7.24. The van der Waals surface area contributed by atoms with Crippen molar-refractivity contribution in [2.45, 2.75) is 0 Å². The summed E-state index contributed by atoms with van der Waals surface area (Å²) < 4.78 is 2.25. The summed E-state index contributed by atoms with van der Waals surface area (Å²) in [6.07, 6.45) is 0. The fourth-order valence-electron chi connectivity index (χ4n) is 6.47. The van der Waals surface area contributed by atoms with Gasteiger partial charge >= 0.3 is 0 Å². The van der Waals surface area contributed by atoms with Gasteiger partial charge in [-0.2, -0.15) is 0 Å². The van der Waals surface area contributed by atoms with Crippen molar-refractivity contribution in [2.75, 3.05) is 0 Å². The first-order chi connectivity index (χ1) is 22.1. The molecule has 0 aliphatic rings. The standard InChI is InChI=1S/C42H30Br2Si/c43-39-23-10-12-25-41(39)45(37-20-8-3-9-21-37,42-26-13-11-24-40(42)44)38-22-14-19-33(30-38)36-28-34(31-15-4-1-5-16-31)27-35(29-36)32-17-6-2-7-18-32/h1-30H. The van der Waals surface area contributed by atoms with Crippen molar-refractivity contribution in [1.29, 1.82) is 0 Å². The minimum absolute atomic E-state index is 1.12. The van der Waals surface area contributed by atoms with Crippen LogP contribution < -0.4 is 20.7 Å². The maximum Gasteiger partial charge on any atom is 0.181 e. The van der Waals surface area contributed by atoms with Crippen molar-refractivity contribution >= 4 is 60.7 Å². The molecule has 0 heterocycles. The van der Waals surface area contributed by atoms with Crippen LogP contribution >= 0.6 is 31.9 Å². The Morgan fingerprint density at radius 2 is 0.667 bits per heavy atom. The molecule has 0 aliphatic heterocycles. The highest BCUT2D eigenvalue weighted by Crippen LogP contribution is 2.33. The van der Waals surface area contributed by atoms with Gasteiger partial charge in [-0.3, -0.25) is 0 Å². The average Bonchev–Trinajstić information content (AvgIpc) is 3.11. The molecule has 7 aromatic carbocycles. The van der Waals surface area contributed by atoms with Gasteiger partial charge in [0.05, 0.1) is 0 Å². The number of hydrogen-bond acceptors (Lipinski definition) is 0. The summed E-state index contributed by atoms with van der Waals surface area (Å²) >= 11 is 8.00. The molecule has 0 fully saturated rings. The lowest BCUT2D eigenvalue weighted by Crippen LogP contribution is -2.75. The maximum atomic E-state index is 4.00. The predicted octanol–water partition coefficient (Wildman–Crippen LogP) is 9.59. The number of benzene rings is 7. The molecular weight excluding hydrogens is 692 g/mol. The van der Waals surface area contributed by atoms with Crippen LogP contribution in [-0.2, 0) is 0 Å². The molecule has 0 amide bonds. The van der Waals surface area contributed by atoms with Crippen LogP contribution in [0.3, 0.4) is 0 Å². The molecule has 0 aromatic heterocycles. The third-order valence-corrected chi connectivity index (χ3v) is 15.5. The Morgan fingerprint density at radius 3 is 1.16 bits per heavy atom. The van der Waals surface area contributed by atoms with Crippen LogP contribution in [-0.4, -0.2) is 8.07 Å². The zero-order valence-electron chi connectivity index (χ0n) is 24.6. The lowest BCUT2D eigenvalue weighted by molar-refractivity contribution is 1.57. The summed E-state index contributed by atoms with van der Waals surface area (Å²) in [7, 11) is -2.80. The topological polar surface area (TPSA) is 0 Å². The van der Waals surface area contributed by atoms with E-state index in [9.17, 15) is 0 Å². The highest BCUT2D eigenvalue weighted by atomic mass is 79.9. The van der Waals surface area contributed by atoms with Gasteiger partial charge in [-0.05, 0) is 84.5 Å². The molecule has 7 aromatic rings. The Hall–Kier alpha value is -4.28. The van der Waals surface area contributed by atoms with E-state index in [4.69, 9.17) is 0 Å². The van der Waals surface area contributed by atoms with E-state index in [0.717, 1.165) is 8.95 Å². The molecule has 0 spiro atoms. The van der Waals surface area contributed by atoms with E-state index in [2.05, 4.69) is 214 Å². The molecule has 0 nitrogen and oxygen atoms in total. The average molecular weight is 723 g/mol. The molecule has 216 valence electrons. The lowest BCUT2D eigenvalue weighted by Gasteiger charge is -2.36. The van der Waals surface area contributed by atoms with Crippen LogP contribution in [0.15, 0.2) is 191 Å². The number of rotatable bonds is 7. The van der Waals surface area contributed by atoms with Gasteiger partial charge in [0.25, 0.3) is 0 Å². The highest BCUT2D eigenvalue weighted by Gasteiger charge is 2.44. The third-order valence-electron chi connectivity index (χ3n) is 8.54. The van der Waals surface area contributed by atoms with Crippen LogP contribution in [0, 0.1) is 0 Å². The van der Waals surface area contributed by atoms with Gasteiger partial charge in [0.2, 0.25) is 0 Å². The smallest absolute Gasteiger partial charge is 0.0623 e. The highest BCUT2D eigenvalue weighted by molar-refractivity contribution is 9.11. The second kappa shape index (κ2) is 13.0. The van der Waals surface area contributed by atoms with Crippen molar-refractivity contribution in [3.05, 3.63) is 191 Å². The first-order valence-corrected chi connectivity index (χ1v) is 18.7. The van der Waals surface area contributed by atoms with Crippen molar-refractivity contribution in [2.24, 2.45) is 0 Å². The van der Waals surface area contributed by atoms with Gasteiger partial charge in [-0.15, -0.1) is 0 Å².